The molecule has 1 fully saturated rings. The fourth-order valence-electron chi connectivity index (χ4n) is 4.19. The van der Waals surface area contributed by atoms with E-state index < -0.39 is 11.9 Å². The van der Waals surface area contributed by atoms with Crippen molar-refractivity contribution in [3.05, 3.63) is 66.0 Å². The fourth-order valence-corrected chi connectivity index (χ4v) is 4.19. The maximum absolute atomic E-state index is 14.4. The lowest BCUT2D eigenvalue weighted by Gasteiger charge is -2.25. The van der Waals surface area contributed by atoms with Gasteiger partial charge in [-0.05, 0) is 37.3 Å². The van der Waals surface area contributed by atoms with Gasteiger partial charge in [-0.25, -0.2) is 9.07 Å². The number of ether oxygens (including phenoxy) is 2. The van der Waals surface area contributed by atoms with Crippen LogP contribution in [0.15, 0.2) is 54.6 Å². The van der Waals surface area contributed by atoms with Crippen LogP contribution in [0.1, 0.15) is 38.2 Å². The molecule has 0 spiro atoms. The van der Waals surface area contributed by atoms with E-state index in [9.17, 15) is 14.3 Å². The molecule has 1 atom stereocenters. The van der Waals surface area contributed by atoms with Gasteiger partial charge in [-0.15, -0.1) is 0 Å². The molecule has 0 bridgehead atoms. The zero-order valence-corrected chi connectivity index (χ0v) is 20.9. The number of hydrogen-bond donors (Lipinski definition) is 1. The van der Waals surface area contributed by atoms with Crippen molar-refractivity contribution in [3.8, 4) is 22.9 Å². The molecule has 7 nitrogen and oxygen atoms in total. The first kappa shape index (κ1) is 25.9. The average Bonchev–Trinajstić information content (AvgIpc) is 3.63. The van der Waals surface area contributed by atoms with Gasteiger partial charge in [0.15, 0.2) is 11.6 Å². The zero-order chi connectivity index (χ0) is 25.5. The summed E-state index contributed by atoms with van der Waals surface area (Å²) in [4.78, 5) is 13.9. The molecule has 1 unspecified atom stereocenters. The highest BCUT2D eigenvalue weighted by molar-refractivity contribution is 5.69. The molecule has 0 radical (unpaired) electrons. The highest BCUT2D eigenvalue weighted by atomic mass is 19.1. The predicted molar refractivity (Wildman–Crippen MR) is 135 cm³/mol. The number of hydrogen-bond acceptors (Lipinski definition) is 6. The number of aliphatic hydroxyl groups is 1. The maximum atomic E-state index is 14.4. The van der Waals surface area contributed by atoms with Gasteiger partial charge in [-0.1, -0.05) is 49.4 Å². The van der Waals surface area contributed by atoms with Gasteiger partial charge in [-0.2, -0.15) is 5.10 Å². The van der Waals surface area contributed by atoms with E-state index in [-0.39, 0.29) is 18.3 Å². The summed E-state index contributed by atoms with van der Waals surface area (Å²) in [5.41, 5.74) is 2.48. The summed E-state index contributed by atoms with van der Waals surface area (Å²) in [5, 5.41) is 15.4. The second kappa shape index (κ2) is 12.1. The number of aryl methyl sites for hydroxylation is 1. The number of aliphatic hydroxyl groups excluding tert-OH is 1. The lowest BCUT2D eigenvalue weighted by molar-refractivity contribution is -0.147. The molecule has 0 saturated heterocycles. The number of para-hydroxylation sites is 1. The van der Waals surface area contributed by atoms with E-state index in [0.717, 1.165) is 36.2 Å². The van der Waals surface area contributed by atoms with Crippen LogP contribution in [-0.2, 0) is 23.1 Å². The Kier molecular flexibility index (Phi) is 8.72. The van der Waals surface area contributed by atoms with E-state index in [0.29, 0.717) is 37.7 Å². The van der Waals surface area contributed by atoms with Crippen molar-refractivity contribution in [3.63, 3.8) is 0 Å². The molecule has 3 aromatic rings. The molecule has 1 N–H and O–H groups in total. The first-order valence-corrected chi connectivity index (χ1v) is 12.5. The summed E-state index contributed by atoms with van der Waals surface area (Å²) in [6.07, 6.45) is 2.52. The lowest BCUT2D eigenvalue weighted by Crippen LogP contribution is -2.36. The average molecular weight is 496 g/mol. The standard InChI is InChI=1S/C28H34FN3O4/c1-3-9-26(34)35-19-22(33)17-32(16-20-14-15-20)18-23-27(21-10-5-4-6-11-21)30-31(2)28(23)36-25-13-8-7-12-24(25)29/h4-8,10-13,20,22,33H,3,9,14-19H2,1-2H3. The quantitative estimate of drug-likeness (QED) is 0.339. The van der Waals surface area contributed by atoms with Gasteiger partial charge >= 0.3 is 5.97 Å². The van der Waals surface area contributed by atoms with Gasteiger partial charge in [0.25, 0.3) is 0 Å². The molecule has 36 heavy (non-hydrogen) atoms. The van der Waals surface area contributed by atoms with Crippen LogP contribution >= 0.6 is 0 Å². The highest BCUT2D eigenvalue weighted by Crippen LogP contribution is 2.36. The van der Waals surface area contributed by atoms with Crippen LogP contribution in [0.5, 0.6) is 11.6 Å². The van der Waals surface area contributed by atoms with Crippen molar-refractivity contribution in [2.45, 2.75) is 45.3 Å². The molecule has 192 valence electrons. The SMILES string of the molecule is CCCC(=O)OCC(O)CN(Cc1c(-c2ccccc2)nn(C)c1Oc1ccccc1F)CC1CC1. The van der Waals surface area contributed by atoms with Crippen molar-refractivity contribution >= 4 is 5.97 Å². The Bertz CT molecular complexity index is 1150. The molecule has 0 amide bonds. The second-order valence-corrected chi connectivity index (χ2v) is 9.38. The van der Waals surface area contributed by atoms with Crippen molar-refractivity contribution in [2.75, 3.05) is 19.7 Å². The normalized spacial score (nSPS) is 14.1. The van der Waals surface area contributed by atoms with Crippen molar-refractivity contribution in [1.29, 1.82) is 0 Å². The number of rotatable bonds is 13. The van der Waals surface area contributed by atoms with Gasteiger partial charge in [0.2, 0.25) is 5.88 Å². The molecule has 1 saturated carbocycles. The summed E-state index contributed by atoms with van der Waals surface area (Å²) in [6, 6.07) is 16.1. The molecule has 4 rings (SSSR count). The second-order valence-electron chi connectivity index (χ2n) is 9.38. The fraction of sp³-hybridized carbons (Fsp3) is 0.429. The first-order valence-electron chi connectivity index (χ1n) is 12.5. The minimum absolute atomic E-state index is 0.0445. The number of esters is 1. The van der Waals surface area contributed by atoms with Gasteiger partial charge in [-0.3, -0.25) is 9.69 Å². The Morgan fingerprint density at radius 2 is 1.92 bits per heavy atom. The van der Waals surface area contributed by atoms with Gasteiger partial charge < -0.3 is 14.6 Å². The molecule has 2 aromatic carbocycles. The van der Waals surface area contributed by atoms with Crippen LogP contribution in [0.3, 0.4) is 0 Å². The van der Waals surface area contributed by atoms with E-state index in [1.807, 2.05) is 37.3 Å². The Labute approximate surface area is 211 Å². The van der Waals surface area contributed by atoms with E-state index in [2.05, 4.69) is 4.90 Å². The number of halogens is 1. The van der Waals surface area contributed by atoms with Gasteiger partial charge in [0.1, 0.15) is 18.4 Å². The summed E-state index contributed by atoms with van der Waals surface area (Å²) in [5.74, 6) is 0.378. The van der Waals surface area contributed by atoms with E-state index in [1.54, 1.807) is 29.9 Å². The van der Waals surface area contributed by atoms with Crippen molar-refractivity contribution in [2.24, 2.45) is 13.0 Å². The summed E-state index contributed by atoms with van der Waals surface area (Å²) < 4.78 is 27.4. The lowest BCUT2D eigenvalue weighted by atomic mass is 10.1. The number of aromatic nitrogens is 2. The van der Waals surface area contributed by atoms with Crippen LogP contribution in [0.25, 0.3) is 11.3 Å². The van der Waals surface area contributed by atoms with Gasteiger partial charge in [0, 0.05) is 38.7 Å². The maximum Gasteiger partial charge on any atom is 0.305 e. The molecule has 0 aliphatic heterocycles. The summed E-state index contributed by atoms with van der Waals surface area (Å²) >= 11 is 0. The minimum Gasteiger partial charge on any atom is -0.463 e. The number of benzene rings is 2. The third-order valence-corrected chi connectivity index (χ3v) is 6.13. The van der Waals surface area contributed by atoms with Crippen LogP contribution < -0.4 is 4.74 Å². The van der Waals surface area contributed by atoms with Crippen LogP contribution in [0.4, 0.5) is 4.39 Å². The molecule has 1 heterocycles. The summed E-state index contributed by atoms with van der Waals surface area (Å²) in [6.45, 7) is 3.43. The van der Waals surface area contributed by atoms with Crippen molar-refractivity contribution < 1.29 is 23.8 Å². The van der Waals surface area contributed by atoms with Crippen LogP contribution in [0, 0.1) is 11.7 Å². The zero-order valence-electron chi connectivity index (χ0n) is 20.9. The van der Waals surface area contributed by atoms with Crippen molar-refractivity contribution in [1.82, 2.24) is 14.7 Å². The predicted octanol–water partition coefficient (Wildman–Crippen LogP) is 4.93. The van der Waals surface area contributed by atoms with E-state index in [4.69, 9.17) is 14.6 Å². The Morgan fingerprint density at radius 3 is 2.61 bits per heavy atom. The Balaban J connectivity index is 1.61. The van der Waals surface area contributed by atoms with E-state index >= 15 is 0 Å². The Morgan fingerprint density at radius 1 is 1.19 bits per heavy atom. The first-order chi connectivity index (χ1) is 17.4. The topological polar surface area (TPSA) is 76.8 Å². The smallest absolute Gasteiger partial charge is 0.305 e. The van der Waals surface area contributed by atoms with Gasteiger partial charge in [0.05, 0.1) is 5.56 Å². The van der Waals surface area contributed by atoms with Crippen LogP contribution in [-0.4, -0.2) is 51.6 Å². The number of carbonyl (C=O) groups is 1. The molecule has 1 aliphatic rings. The summed E-state index contributed by atoms with van der Waals surface area (Å²) in [7, 11) is 1.78. The molecule has 1 aromatic heterocycles. The molecule has 1 aliphatic carbocycles. The third kappa shape index (κ3) is 6.92. The van der Waals surface area contributed by atoms with Crippen LogP contribution in [0.2, 0.25) is 0 Å². The molecular weight excluding hydrogens is 461 g/mol. The highest BCUT2D eigenvalue weighted by Gasteiger charge is 2.29. The molecule has 8 heteroatoms. The monoisotopic (exact) mass is 495 g/mol. The third-order valence-electron chi connectivity index (χ3n) is 6.13. The largest absolute Gasteiger partial charge is 0.463 e. The van der Waals surface area contributed by atoms with E-state index in [1.165, 1.54) is 6.07 Å². The number of nitrogens with zero attached hydrogens (tertiary/aromatic N) is 3. The number of carbonyl (C=O) groups excluding carboxylic acids is 1. The molecular formula is C28H34FN3O4. The minimum atomic E-state index is -0.822. The Hall–Kier alpha value is -3.23.